The molecule has 1 aromatic rings. The monoisotopic (exact) mass is 234 g/mol. The van der Waals surface area contributed by atoms with Gasteiger partial charge < -0.3 is 10.6 Å². The Kier molecular flexibility index (Phi) is 5.20. The van der Waals surface area contributed by atoms with Gasteiger partial charge in [-0.05, 0) is 30.7 Å². The molecule has 0 heterocycles. The highest BCUT2D eigenvalue weighted by Gasteiger charge is 2.04. The van der Waals surface area contributed by atoms with Crippen LogP contribution in [0.5, 0.6) is 0 Å². The number of benzene rings is 1. The molecular weight excluding hydrogens is 216 g/mol. The van der Waals surface area contributed by atoms with Crippen LogP contribution in [0.3, 0.4) is 0 Å². The van der Waals surface area contributed by atoms with Gasteiger partial charge in [-0.15, -0.1) is 0 Å². The third kappa shape index (κ3) is 4.26. The van der Waals surface area contributed by atoms with Crippen molar-refractivity contribution in [1.82, 2.24) is 5.32 Å². The Morgan fingerprint density at radius 2 is 1.76 bits per heavy atom. The van der Waals surface area contributed by atoms with E-state index < -0.39 is 0 Å². The number of hydrogen-bond acceptors (Lipinski definition) is 2. The average Bonchev–Trinajstić information content (AvgIpc) is 2.36. The number of amides is 2. The van der Waals surface area contributed by atoms with Gasteiger partial charge >= 0.3 is 0 Å². The van der Waals surface area contributed by atoms with Gasteiger partial charge in [0.05, 0.1) is 0 Å². The second-order valence-electron chi connectivity index (χ2n) is 3.73. The summed E-state index contributed by atoms with van der Waals surface area (Å²) in [7, 11) is 0. The molecule has 1 rings (SSSR count). The van der Waals surface area contributed by atoms with Gasteiger partial charge in [0.2, 0.25) is 5.91 Å². The van der Waals surface area contributed by atoms with Gasteiger partial charge in [-0.2, -0.15) is 0 Å². The van der Waals surface area contributed by atoms with Gasteiger partial charge in [-0.1, -0.05) is 13.8 Å². The summed E-state index contributed by atoms with van der Waals surface area (Å²) in [6, 6.07) is 6.87. The smallest absolute Gasteiger partial charge is 0.251 e. The molecule has 0 aliphatic carbocycles. The standard InChI is InChI=1S/C13H18N2O2/c1-3-9-14-13(17)10-5-7-11(8-6-10)15-12(16)4-2/h5-8H,3-4,9H2,1-2H3,(H,14,17)(H,15,16). The van der Waals surface area contributed by atoms with Crippen LogP contribution in [0, 0.1) is 0 Å². The number of anilines is 1. The highest BCUT2D eigenvalue weighted by molar-refractivity contribution is 5.95. The minimum absolute atomic E-state index is 0.0341. The van der Waals surface area contributed by atoms with Crippen molar-refractivity contribution in [2.45, 2.75) is 26.7 Å². The highest BCUT2D eigenvalue weighted by Crippen LogP contribution is 2.09. The maximum Gasteiger partial charge on any atom is 0.251 e. The van der Waals surface area contributed by atoms with Crippen LogP contribution in [0.15, 0.2) is 24.3 Å². The van der Waals surface area contributed by atoms with Crippen molar-refractivity contribution >= 4 is 17.5 Å². The van der Waals surface area contributed by atoms with E-state index in [0.717, 1.165) is 6.42 Å². The topological polar surface area (TPSA) is 58.2 Å². The summed E-state index contributed by atoms with van der Waals surface area (Å²) in [6.45, 7) is 4.47. The molecular formula is C13H18N2O2. The first-order valence-corrected chi connectivity index (χ1v) is 5.85. The Hall–Kier alpha value is -1.84. The average molecular weight is 234 g/mol. The minimum atomic E-state index is -0.0831. The summed E-state index contributed by atoms with van der Waals surface area (Å²) in [5.74, 6) is -0.117. The number of hydrogen-bond donors (Lipinski definition) is 2. The van der Waals surface area contributed by atoms with E-state index in [1.54, 1.807) is 31.2 Å². The van der Waals surface area contributed by atoms with E-state index in [2.05, 4.69) is 10.6 Å². The number of carbonyl (C=O) groups excluding carboxylic acids is 2. The van der Waals surface area contributed by atoms with Crippen molar-refractivity contribution in [1.29, 1.82) is 0 Å². The van der Waals surface area contributed by atoms with Gasteiger partial charge in [-0.3, -0.25) is 9.59 Å². The zero-order chi connectivity index (χ0) is 12.7. The van der Waals surface area contributed by atoms with Crippen molar-refractivity contribution in [2.24, 2.45) is 0 Å². The zero-order valence-corrected chi connectivity index (χ0v) is 10.2. The Morgan fingerprint density at radius 3 is 2.29 bits per heavy atom. The fourth-order valence-electron chi connectivity index (χ4n) is 1.29. The van der Waals surface area contributed by atoms with Crippen LogP contribution in [-0.4, -0.2) is 18.4 Å². The predicted molar refractivity (Wildman–Crippen MR) is 68.0 cm³/mol. The molecule has 1 aromatic carbocycles. The molecule has 0 aliphatic heterocycles. The lowest BCUT2D eigenvalue weighted by Gasteiger charge is -2.06. The van der Waals surface area contributed by atoms with E-state index in [4.69, 9.17) is 0 Å². The van der Waals surface area contributed by atoms with Crippen molar-refractivity contribution in [2.75, 3.05) is 11.9 Å². The maximum atomic E-state index is 11.6. The quantitative estimate of drug-likeness (QED) is 0.820. The number of nitrogens with one attached hydrogen (secondary N) is 2. The fraction of sp³-hybridized carbons (Fsp3) is 0.385. The predicted octanol–water partition coefficient (Wildman–Crippen LogP) is 2.17. The molecule has 2 amide bonds. The van der Waals surface area contributed by atoms with Crippen LogP contribution in [-0.2, 0) is 4.79 Å². The van der Waals surface area contributed by atoms with Crippen molar-refractivity contribution in [3.05, 3.63) is 29.8 Å². The summed E-state index contributed by atoms with van der Waals surface area (Å²) in [5.41, 5.74) is 1.32. The van der Waals surface area contributed by atoms with Crippen molar-refractivity contribution in [3.63, 3.8) is 0 Å². The Morgan fingerprint density at radius 1 is 1.12 bits per heavy atom. The summed E-state index contributed by atoms with van der Waals surface area (Å²) < 4.78 is 0. The summed E-state index contributed by atoms with van der Waals surface area (Å²) in [4.78, 5) is 22.7. The largest absolute Gasteiger partial charge is 0.352 e. The third-order valence-corrected chi connectivity index (χ3v) is 2.29. The minimum Gasteiger partial charge on any atom is -0.352 e. The van der Waals surface area contributed by atoms with Gasteiger partial charge in [-0.25, -0.2) is 0 Å². The zero-order valence-electron chi connectivity index (χ0n) is 10.2. The normalized spacial score (nSPS) is 9.76. The summed E-state index contributed by atoms with van der Waals surface area (Å²) in [5, 5.41) is 5.52. The van der Waals surface area contributed by atoms with Gasteiger partial charge in [0.1, 0.15) is 0 Å². The second kappa shape index (κ2) is 6.68. The van der Waals surface area contributed by atoms with Gasteiger partial charge in [0.25, 0.3) is 5.91 Å². The lowest BCUT2D eigenvalue weighted by molar-refractivity contribution is -0.115. The highest BCUT2D eigenvalue weighted by atomic mass is 16.2. The molecule has 0 fully saturated rings. The Balaban J connectivity index is 2.61. The van der Waals surface area contributed by atoms with Crippen LogP contribution in [0.1, 0.15) is 37.0 Å². The molecule has 2 N–H and O–H groups in total. The molecule has 92 valence electrons. The van der Waals surface area contributed by atoms with E-state index in [1.165, 1.54) is 0 Å². The van der Waals surface area contributed by atoms with Crippen molar-refractivity contribution < 1.29 is 9.59 Å². The summed E-state index contributed by atoms with van der Waals surface area (Å²) in [6.07, 6.45) is 1.36. The molecule has 0 bridgehead atoms. The first kappa shape index (κ1) is 13.2. The van der Waals surface area contributed by atoms with Gasteiger partial charge in [0, 0.05) is 24.2 Å². The van der Waals surface area contributed by atoms with Crippen LogP contribution in [0.25, 0.3) is 0 Å². The second-order valence-corrected chi connectivity index (χ2v) is 3.73. The molecule has 0 unspecified atom stereocenters. The van der Waals surface area contributed by atoms with Crippen LogP contribution < -0.4 is 10.6 Å². The molecule has 4 nitrogen and oxygen atoms in total. The molecule has 0 atom stereocenters. The SMILES string of the molecule is CCCNC(=O)c1ccc(NC(=O)CC)cc1. The molecule has 17 heavy (non-hydrogen) atoms. The summed E-state index contributed by atoms with van der Waals surface area (Å²) >= 11 is 0. The Bertz CT molecular complexity index is 385. The van der Waals surface area contributed by atoms with Crippen LogP contribution in [0.4, 0.5) is 5.69 Å². The maximum absolute atomic E-state index is 11.6. The van der Waals surface area contributed by atoms with Crippen molar-refractivity contribution in [3.8, 4) is 0 Å². The third-order valence-electron chi connectivity index (χ3n) is 2.29. The number of rotatable bonds is 5. The molecule has 0 saturated heterocycles. The lowest BCUT2D eigenvalue weighted by atomic mass is 10.2. The molecule has 4 heteroatoms. The fourth-order valence-corrected chi connectivity index (χ4v) is 1.29. The molecule has 0 aromatic heterocycles. The first-order chi connectivity index (χ1) is 8.17. The van der Waals surface area contributed by atoms with E-state index >= 15 is 0 Å². The molecule has 0 aliphatic rings. The van der Waals surface area contributed by atoms with Gasteiger partial charge in [0.15, 0.2) is 0 Å². The van der Waals surface area contributed by atoms with Crippen LogP contribution in [0.2, 0.25) is 0 Å². The first-order valence-electron chi connectivity index (χ1n) is 5.85. The Labute approximate surface area is 101 Å². The molecule has 0 saturated carbocycles. The molecule has 0 radical (unpaired) electrons. The van der Waals surface area contributed by atoms with Crippen LogP contribution >= 0.6 is 0 Å². The van der Waals surface area contributed by atoms with E-state index in [-0.39, 0.29) is 11.8 Å². The molecule has 0 spiro atoms. The number of carbonyl (C=O) groups is 2. The lowest BCUT2D eigenvalue weighted by Crippen LogP contribution is -2.23. The van der Waals surface area contributed by atoms with E-state index in [0.29, 0.717) is 24.2 Å². The van der Waals surface area contributed by atoms with E-state index in [9.17, 15) is 9.59 Å². The van der Waals surface area contributed by atoms with E-state index in [1.807, 2.05) is 6.92 Å².